The Labute approximate surface area is 175 Å². The number of anilines is 1. The van der Waals surface area contributed by atoms with Crippen LogP contribution in [0.1, 0.15) is 30.5 Å². The molecule has 0 amide bonds. The highest BCUT2D eigenvalue weighted by Gasteiger charge is 2.23. The van der Waals surface area contributed by atoms with Crippen LogP contribution in [0.5, 0.6) is 0 Å². The summed E-state index contributed by atoms with van der Waals surface area (Å²) in [6.45, 7) is 6.25. The normalized spacial score (nSPS) is 15.1. The van der Waals surface area contributed by atoms with Crippen molar-refractivity contribution in [1.82, 2.24) is 9.55 Å². The molecule has 0 spiro atoms. The number of nitriles is 1. The second kappa shape index (κ2) is 7.64. The van der Waals surface area contributed by atoms with Crippen molar-refractivity contribution in [3.8, 4) is 11.8 Å². The zero-order chi connectivity index (χ0) is 19.8. The van der Waals surface area contributed by atoms with Crippen molar-refractivity contribution >= 4 is 46.0 Å². The van der Waals surface area contributed by atoms with Crippen LogP contribution in [0.25, 0.3) is 16.7 Å². The van der Waals surface area contributed by atoms with Crippen molar-refractivity contribution in [2.75, 3.05) is 18.0 Å². The number of piperidine rings is 1. The molecule has 0 aliphatic carbocycles. The molecule has 1 aliphatic rings. The van der Waals surface area contributed by atoms with E-state index in [0.29, 0.717) is 12.3 Å². The van der Waals surface area contributed by atoms with Crippen molar-refractivity contribution in [1.29, 1.82) is 5.26 Å². The van der Waals surface area contributed by atoms with Crippen LogP contribution < -0.4 is 10.4 Å². The van der Waals surface area contributed by atoms with E-state index in [4.69, 9.17) is 10.2 Å². The van der Waals surface area contributed by atoms with Crippen LogP contribution in [0, 0.1) is 31.1 Å². The second-order valence-electron chi connectivity index (χ2n) is 7.91. The summed E-state index contributed by atoms with van der Waals surface area (Å²) in [6.07, 6.45) is 5.04. The topological polar surface area (TPSA) is 44.9 Å². The summed E-state index contributed by atoms with van der Waals surface area (Å²) in [5.41, 5.74) is 6.90. The Kier molecular flexibility index (Phi) is 5.20. The average molecular weight is 435 g/mol. The molecule has 142 valence electrons. The maximum absolute atomic E-state index is 8.99. The number of aryl methyl sites for hydroxylation is 2. The van der Waals surface area contributed by atoms with Crippen LogP contribution in [0.2, 0.25) is 0 Å². The van der Waals surface area contributed by atoms with Gasteiger partial charge in [-0.3, -0.25) is 4.57 Å². The Bertz CT molecular complexity index is 1070. The third-order valence-electron chi connectivity index (χ3n) is 5.75. The molecule has 0 radical (unpaired) electrons. The largest absolute Gasteiger partial charge is 0.371 e. The molecule has 4 rings (SSSR count). The highest BCUT2D eigenvalue weighted by atomic mass is 79.9. The summed E-state index contributed by atoms with van der Waals surface area (Å²) >= 11 is 3.73. The van der Waals surface area contributed by atoms with Crippen molar-refractivity contribution in [3.63, 3.8) is 0 Å². The van der Waals surface area contributed by atoms with E-state index in [2.05, 4.69) is 83.6 Å². The van der Waals surface area contributed by atoms with Crippen molar-refractivity contribution in [2.24, 2.45) is 5.92 Å². The number of nitrogens with zero attached hydrogens (tertiary/aromatic N) is 4. The molecule has 28 heavy (non-hydrogen) atoms. The minimum atomic E-state index is 0.536. The third-order valence-corrected chi connectivity index (χ3v) is 6.39. The SMILES string of the molecule is Bc1ccc(-n2cc(C)c3c(N4CCC(CC#N)CC4)cc(C)nc32)c(Br)c1. The molecule has 3 heterocycles. The lowest BCUT2D eigenvalue weighted by Crippen LogP contribution is -2.33. The Morgan fingerprint density at radius 3 is 2.64 bits per heavy atom. The zero-order valence-electron chi connectivity index (χ0n) is 16.7. The number of hydrogen-bond donors (Lipinski definition) is 0. The molecule has 0 bridgehead atoms. The maximum atomic E-state index is 8.99. The van der Waals surface area contributed by atoms with Gasteiger partial charge < -0.3 is 4.90 Å². The molecule has 1 aliphatic heterocycles. The fourth-order valence-electron chi connectivity index (χ4n) is 4.26. The van der Waals surface area contributed by atoms with Gasteiger partial charge in [0.2, 0.25) is 0 Å². The lowest BCUT2D eigenvalue weighted by molar-refractivity contribution is 0.413. The van der Waals surface area contributed by atoms with E-state index in [9.17, 15) is 0 Å². The monoisotopic (exact) mass is 434 g/mol. The Balaban J connectivity index is 1.80. The Morgan fingerprint density at radius 2 is 1.96 bits per heavy atom. The number of hydrogen-bond acceptors (Lipinski definition) is 3. The minimum absolute atomic E-state index is 0.536. The second-order valence-corrected chi connectivity index (χ2v) is 8.77. The van der Waals surface area contributed by atoms with Crippen molar-refractivity contribution in [2.45, 2.75) is 33.1 Å². The lowest BCUT2D eigenvalue weighted by atomic mass is 9.93. The zero-order valence-corrected chi connectivity index (χ0v) is 18.3. The molecule has 6 heteroatoms. The van der Waals surface area contributed by atoms with Gasteiger partial charge in [-0.25, -0.2) is 4.98 Å². The molecule has 1 fully saturated rings. The first kappa shape index (κ1) is 19.1. The first-order chi connectivity index (χ1) is 13.5. The van der Waals surface area contributed by atoms with E-state index >= 15 is 0 Å². The smallest absolute Gasteiger partial charge is 0.147 e. The fraction of sp³-hybridized carbons (Fsp3) is 0.364. The molecule has 1 saturated heterocycles. The summed E-state index contributed by atoms with van der Waals surface area (Å²) in [5, 5.41) is 10.2. The number of rotatable bonds is 3. The summed E-state index contributed by atoms with van der Waals surface area (Å²) in [7, 11) is 2.10. The predicted molar refractivity (Wildman–Crippen MR) is 122 cm³/mol. The van der Waals surface area contributed by atoms with Gasteiger partial charge in [-0.15, -0.1) is 0 Å². The van der Waals surface area contributed by atoms with Crippen molar-refractivity contribution in [3.05, 3.63) is 46.2 Å². The molecular weight excluding hydrogens is 411 g/mol. The van der Waals surface area contributed by atoms with Crippen LogP contribution in [0.15, 0.2) is 34.9 Å². The van der Waals surface area contributed by atoms with E-state index in [1.54, 1.807) is 0 Å². The fourth-order valence-corrected chi connectivity index (χ4v) is 4.94. The summed E-state index contributed by atoms with van der Waals surface area (Å²) in [5.74, 6) is 0.536. The molecule has 0 unspecified atom stereocenters. The number of pyridine rings is 1. The number of benzene rings is 1. The third kappa shape index (κ3) is 3.44. The van der Waals surface area contributed by atoms with Crippen molar-refractivity contribution < 1.29 is 0 Å². The molecule has 0 N–H and O–H groups in total. The average Bonchev–Trinajstić information content (AvgIpc) is 2.98. The maximum Gasteiger partial charge on any atom is 0.147 e. The quantitative estimate of drug-likeness (QED) is 0.589. The van der Waals surface area contributed by atoms with Gasteiger partial charge in [0.25, 0.3) is 0 Å². The van der Waals surface area contributed by atoms with E-state index in [0.717, 1.165) is 47.4 Å². The Morgan fingerprint density at radius 1 is 1.21 bits per heavy atom. The van der Waals surface area contributed by atoms with Gasteiger partial charge in [-0.05, 0) is 66.2 Å². The first-order valence-corrected chi connectivity index (χ1v) is 10.6. The van der Waals surface area contributed by atoms with Crippen LogP contribution in [-0.2, 0) is 0 Å². The van der Waals surface area contributed by atoms with Gasteiger partial charge in [0.05, 0.1) is 11.8 Å². The highest BCUT2D eigenvalue weighted by molar-refractivity contribution is 9.10. The lowest BCUT2D eigenvalue weighted by Gasteiger charge is -2.33. The summed E-state index contributed by atoms with van der Waals surface area (Å²) in [4.78, 5) is 7.39. The number of fused-ring (bicyclic) bond motifs is 1. The van der Waals surface area contributed by atoms with Crippen LogP contribution in [0.3, 0.4) is 0 Å². The van der Waals surface area contributed by atoms with Crippen LogP contribution in [-0.4, -0.2) is 30.5 Å². The van der Waals surface area contributed by atoms with Crippen LogP contribution in [0.4, 0.5) is 5.69 Å². The summed E-state index contributed by atoms with van der Waals surface area (Å²) in [6, 6.07) is 11.0. The minimum Gasteiger partial charge on any atom is -0.371 e. The van der Waals surface area contributed by atoms with Gasteiger partial charge >= 0.3 is 0 Å². The highest BCUT2D eigenvalue weighted by Crippen LogP contribution is 2.36. The molecule has 4 nitrogen and oxygen atoms in total. The molecule has 3 aromatic rings. The standard InChI is InChI=1S/C22H24BBrN4/c1-14-13-28(19-4-3-17(23)12-18(19)24)22-21(14)20(11-15(2)26-22)27-9-6-16(5-8-25)7-10-27/h3-4,11-13,16H,5-7,9-10,23H2,1-2H3. The van der Waals surface area contributed by atoms with E-state index in [1.807, 2.05) is 0 Å². The van der Waals surface area contributed by atoms with Crippen LogP contribution >= 0.6 is 15.9 Å². The van der Waals surface area contributed by atoms with Gasteiger partial charge in [0.15, 0.2) is 0 Å². The van der Waals surface area contributed by atoms with E-state index < -0.39 is 0 Å². The summed E-state index contributed by atoms with van der Waals surface area (Å²) < 4.78 is 3.28. The predicted octanol–water partition coefficient (Wildman–Crippen LogP) is 3.79. The van der Waals surface area contributed by atoms with Gasteiger partial charge in [0.1, 0.15) is 13.5 Å². The molecule has 2 aromatic heterocycles. The van der Waals surface area contributed by atoms with Gasteiger partial charge in [-0.2, -0.15) is 5.26 Å². The first-order valence-electron chi connectivity index (χ1n) is 9.85. The molecule has 1 aromatic carbocycles. The van der Waals surface area contributed by atoms with E-state index in [-0.39, 0.29) is 0 Å². The van der Waals surface area contributed by atoms with Gasteiger partial charge in [-0.1, -0.05) is 17.6 Å². The molecular formula is C22H24BBrN4. The molecule has 0 saturated carbocycles. The molecule has 0 atom stereocenters. The van der Waals surface area contributed by atoms with Gasteiger partial charge in [0, 0.05) is 46.9 Å². The number of halogens is 1. The van der Waals surface area contributed by atoms with E-state index in [1.165, 1.54) is 22.1 Å². The Hall–Kier alpha value is -2.26. The number of aromatic nitrogens is 2.